The highest BCUT2D eigenvalue weighted by atomic mass is 16.7. The second-order valence-corrected chi connectivity index (χ2v) is 4.15. The molecule has 0 aromatic heterocycles. The molecule has 0 amide bonds. The fraction of sp³-hybridized carbons (Fsp3) is 0.400. The predicted octanol–water partition coefficient (Wildman–Crippen LogP) is 2.19. The first-order chi connectivity index (χ1) is 9.13. The zero-order valence-electron chi connectivity index (χ0n) is 11.6. The lowest BCUT2D eigenvalue weighted by atomic mass is 9.92. The molecule has 4 nitrogen and oxygen atoms in total. The van der Waals surface area contributed by atoms with Gasteiger partial charge in [-0.2, -0.15) is 0 Å². The number of carbonyl (C=O) groups is 1. The van der Waals surface area contributed by atoms with Gasteiger partial charge in [0.25, 0.3) is 0 Å². The van der Waals surface area contributed by atoms with Crippen molar-refractivity contribution in [2.24, 2.45) is 5.92 Å². The van der Waals surface area contributed by atoms with E-state index in [0.717, 1.165) is 5.56 Å². The molecule has 4 heteroatoms. The molecule has 0 aliphatic rings. The molecule has 0 spiro atoms. The van der Waals surface area contributed by atoms with Crippen LogP contribution in [0.25, 0.3) is 0 Å². The Labute approximate surface area is 114 Å². The molecule has 104 valence electrons. The molecule has 0 unspecified atom stereocenters. The highest BCUT2D eigenvalue weighted by Crippen LogP contribution is 2.23. The van der Waals surface area contributed by atoms with Crippen molar-refractivity contribution >= 4 is 5.97 Å². The first-order valence-electron chi connectivity index (χ1n) is 6.00. The minimum absolute atomic E-state index is 0.287. The molecule has 19 heavy (non-hydrogen) atoms. The number of carbonyl (C=O) groups excluding carboxylic acids is 1. The van der Waals surface area contributed by atoms with Gasteiger partial charge in [0.1, 0.15) is 0 Å². The Hall–Kier alpha value is -1.65. The lowest BCUT2D eigenvalue weighted by Crippen LogP contribution is -2.31. The van der Waals surface area contributed by atoms with Gasteiger partial charge >= 0.3 is 5.97 Å². The highest BCUT2D eigenvalue weighted by Gasteiger charge is 2.28. The van der Waals surface area contributed by atoms with Crippen LogP contribution in [0.2, 0.25) is 0 Å². The molecule has 1 rings (SSSR count). The smallest absolute Gasteiger partial charge is 0.333 e. The molecule has 0 aliphatic carbocycles. The summed E-state index contributed by atoms with van der Waals surface area (Å²) in [7, 11) is 4.41. The van der Waals surface area contributed by atoms with Crippen LogP contribution in [0, 0.1) is 5.92 Å². The van der Waals surface area contributed by atoms with Gasteiger partial charge in [-0.3, -0.25) is 0 Å². The van der Waals surface area contributed by atoms with Gasteiger partial charge < -0.3 is 14.2 Å². The van der Waals surface area contributed by atoms with Gasteiger partial charge in [0.2, 0.25) is 0 Å². The molecular formula is C15H20O4. The Kier molecular flexibility index (Phi) is 6.25. The first kappa shape index (κ1) is 15.4. The maximum absolute atomic E-state index is 11.6. The maximum Gasteiger partial charge on any atom is 0.333 e. The van der Waals surface area contributed by atoms with Crippen molar-refractivity contribution in [1.29, 1.82) is 0 Å². The van der Waals surface area contributed by atoms with Gasteiger partial charge in [-0.15, -0.1) is 0 Å². The highest BCUT2D eigenvalue weighted by molar-refractivity contribution is 5.88. The monoisotopic (exact) mass is 264 g/mol. The van der Waals surface area contributed by atoms with Crippen molar-refractivity contribution in [2.75, 3.05) is 21.3 Å². The fourth-order valence-electron chi connectivity index (χ4n) is 1.96. The van der Waals surface area contributed by atoms with E-state index in [0.29, 0.717) is 12.0 Å². The van der Waals surface area contributed by atoms with Gasteiger partial charge in [-0.1, -0.05) is 36.9 Å². The van der Waals surface area contributed by atoms with Crippen LogP contribution >= 0.6 is 0 Å². The van der Waals surface area contributed by atoms with Gasteiger partial charge in [0.15, 0.2) is 6.29 Å². The van der Waals surface area contributed by atoms with E-state index in [1.54, 1.807) is 0 Å². The van der Waals surface area contributed by atoms with Gasteiger partial charge in [-0.05, 0) is 12.0 Å². The Bertz CT molecular complexity index is 409. The van der Waals surface area contributed by atoms with Crippen LogP contribution in [0.4, 0.5) is 0 Å². The summed E-state index contributed by atoms with van der Waals surface area (Å²) in [6, 6.07) is 9.81. The van der Waals surface area contributed by atoms with Gasteiger partial charge in [-0.25, -0.2) is 4.79 Å². The lowest BCUT2D eigenvalue weighted by molar-refractivity contribution is -0.146. The van der Waals surface area contributed by atoms with Crippen LogP contribution < -0.4 is 0 Å². The SMILES string of the molecule is C=C(C(=O)OC)[C@H](Cc1ccccc1)C(OC)OC. The van der Waals surface area contributed by atoms with E-state index >= 15 is 0 Å². The molecule has 1 atom stereocenters. The number of benzene rings is 1. The zero-order valence-corrected chi connectivity index (χ0v) is 11.6. The van der Waals surface area contributed by atoms with E-state index in [1.165, 1.54) is 21.3 Å². The predicted molar refractivity (Wildman–Crippen MR) is 72.6 cm³/mol. The minimum atomic E-state index is -0.535. The van der Waals surface area contributed by atoms with Crippen LogP contribution in [-0.2, 0) is 25.4 Å². The molecule has 0 saturated heterocycles. The maximum atomic E-state index is 11.6. The number of ether oxygens (including phenoxy) is 3. The van der Waals surface area contributed by atoms with Crippen molar-refractivity contribution in [1.82, 2.24) is 0 Å². The summed E-state index contributed by atoms with van der Waals surface area (Å²) in [5, 5.41) is 0. The summed E-state index contributed by atoms with van der Waals surface area (Å²) in [5.74, 6) is -0.732. The Morgan fingerprint density at radius 1 is 1.16 bits per heavy atom. The summed E-state index contributed by atoms with van der Waals surface area (Å²) < 4.78 is 15.2. The largest absolute Gasteiger partial charge is 0.466 e. The summed E-state index contributed by atoms with van der Waals surface area (Å²) in [4.78, 5) is 11.6. The molecule has 0 saturated carbocycles. The third-order valence-electron chi connectivity index (χ3n) is 2.99. The van der Waals surface area contributed by atoms with Crippen LogP contribution in [-0.4, -0.2) is 33.6 Å². The van der Waals surface area contributed by atoms with Crippen LogP contribution in [0.5, 0.6) is 0 Å². The standard InChI is InChI=1S/C15H20O4/c1-11(14(16)17-2)13(15(18-3)19-4)10-12-8-6-5-7-9-12/h5-9,13,15H,1,10H2,2-4H3/t13-/m0/s1. The molecule has 1 aromatic carbocycles. The number of esters is 1. The summed E-state index contributed by atoms with van der Waals surface area (Å²) in [6.45, 7) is 3.80. The second-order valence-electron chi connectivity index (χ2n) is 4.15. The van der Waals surface area contributed by atoms with Crippen molar-refractivity contribution in [3.05, 3.63) is 48.0 Å². The summed E-state index contributed by atoms with van der Waals surface area (Å²) in [5.41, 5.74) is 1.43. The number of hydrogen-bond acceptors (Lipinski definition) is 4. The average molecular weight is 264 g/mol. The Morgan fingerprint density at radius 3 is 2.21 bits per heavy atom. The van der Waals surface area contributed by atoms with Crippen molar-refractivity contribution < 1.29 is 19.0 Å². The summed E-state index contributed by atoms with van der Waals surface area (Å²) >= 11 is 0. The van der Waals surface area contributed by atoms with Gasteiger partial charge in [0, 0.05) is 25.7 Å². The normalized spacial score (nSPS) is 12.2. The third kappa shape index (κ3) is 4.19. The molecular weight excluding hydrogens is 244 g/mol. The van der Waals surface area contributed by atoms with Crippen LogP contribution in [0.1, 0.15) is 5.56 Å². The molecule has 0 radical (unpaired) electrons. The van der Waals surface area contributed by atoms with E-state index in [-0.39, 0.29) is 5.92 Å². The average Bonchev–Trinajstić information content (AvgIpc) is 2.47. The number of hydrogen-bond donors (Lipinski definition) is 0. The van der Waals surface area contributed by atoms with E-state index in [9.17, 15) is 4.79 Å². The second kappa shape index (κ2) is 7.71. The molecule has 0 heterocycles. The quantitative estimate of drug-likeness (QED) is 0.430. The fourth-order valence-corrected chi connectivity index (χ4v) is 1.96. The lowest BCUT2D eigenvalue weighted by Gasteiger charge is -2.25. The topological polar surface area (TPSA) is 44.8 Å². The third-order valence-corrected chi connectivity index (χ3v) is 2.99. The molecule has 0 fully saturated rings. The van der Waals surface area contributed by atoms with E-state index in [4.69, 9.17) is 14.2 Å². The molecule has 0 aliphatic heterocycles. The van der Waals surface area contributed by atoms with Gasteiger partial charge in [0.05, 0.1) is 7.11 Å². The zero-order chi connectivity index (χ0) is 14.3. The van der Waals surface area contributed by atoms with Crippen molar-refractivity contribution in [3.8, 4) is 0 Å². The molecule has 0 bridgehead atoms. The first-order valence-corrected chi connectivity index (χ1v) is 6.00. The number of methoxy groups -OCH3 is 3. The summed E-state index contributed by atoms with van der Waals surface area (Å²) in [6.07, 6.45) is 0.0630. The van der Waals surface area contributed by atoms with Crippen molar-refractivity contribution in [2.45, 2.75) is 12.7 Å². The Balaban J connectivity index is 2.92. The van der Waals surface area contributed by atoms with E-state index in [2.05, 4.69) is 6.58 Å². The minimum Gasteiger partial charge on any atom is -0.466 e. The van der Waals surface area contributed by atoms with E-state index in [1.807, 2.05) is 30.3 Å². The molecule has 1 aromatic rings. The number of rotatable bonds is 7. The molecule has 0 N–H and O–H groups in total. The van der Waals surface area contributed by atoms with Crippen molar-refractivity contribution in [3.63, 3.8) is 0 Å². The van der Waals surface area contributed by atoms with Crippen LogP contribution in [0.15, 0.2) is 42.5 Å². The van der Waals surface area contributed by atoms with E-state index < -0.39 is 12.3 Å². The van der Waals surface area contributed by atoms with Crippen LogP contribution in [0.3, 0.4) is 0 Å². The Morgan fingerprint density at radius 2 is 1.74 bits per heavy atom.